The second kappa shape index (κ2) is 6.36. The first kappa shape index (κ1) is 16.3. The summed E-state index contributed by atoms with van der Waals surface area (Å²) in [6.07, 6.45) is 1.61. The van der Waals surface area contributed by atoms with Crippen molar-refractivity contribution in [2.75, 3.05) is 10.0 Å². The van der Waals surface area contributed by atoms with Gasteiger partial charge in [0, 0.05) is 6.04 Å². The van der Waals surface area contributed by atoms with Crippen LogP contribution in [0.3, 0.4) is 0 Å². The molecule has 0 saturated carbocycles. The second-order valence-corrected chi connectivity index (χ2v) is 7.26. The van der Waals surface area contributed by atoms with Crippen LogP contribution in [0.2, 0.25) is 0 Å². The Bertz CT molecular complexity index is 753. The Morgan fingerprint density at radius 2 is 1.82 bits per heavy atom. The molecule has 0 aliphatic carbocycles. The first-order valence-electron chi connectivity index (χ1n) is 7.10. The van der Waals surface area contributed by atoms with E-state index in [9.17, 15) is 8.42 Å². The molecule has 2 aromatic rings. The van der Waals surface area contributed by atoms with Crippen LogP contribution in [0, 0.1) is 13.8 Å². The number of aromatic nitrogens is 1. The molecule has 1 aromatic carbocycles. The molecule has 1 aromatic heterocycles. The summed E-state index contributed by atoms with van der Waals surface area (Å²) in [5.41, 5.74) is 2.59. The van der Waals surface area contributed by atoms with Gasteiger partial charge in [-0.05, 0) is 51.5 Å². The summed E-state index contributed by atoms with van der Waals surface area (Å²) in [6.45, 7) is 7.76. The molecule has 2 rings (SSSR count). The highest BCUT2D eigenvalue weighted by molar-refractivity contribution is 7.92. The largest absolute Gasteiger partial charge is 0.382 e. The van der Waals surface area contributed by atoms with Gasteiger partial charge < -0.3 is 5.32 Å². The number of nitrogens with one attached hydrogen (secondary N) is 2. The van der Waals surface area contributed by atoms with Crippen molar-refractivity contribution in [2.45, 2.75) is 38.6 Å². The van der Waals surface area contributed by atoms with Crippen LogP contribution in [0.4, 0.5) is 11.5 Å². The Morgan fingerprint density at radius 1 is 1.09 bits per heavy atom. The van der Waals surface area contributed by atoms with Crippen molar-refractivity contribution in [3.63, 3.8) is 0 Å². The van der Waals surface area contributed by atoms with E-state index in [4.69, 9.17) is 0 Å². The highest BCUT2D eigenvalue weighted by Crippen LogP contribution is 2.20. The van der Waals surface area contributed by atoms with E-state index in [1.165, 1.54) is 0 Å². The molecule has 0 aliphatic heterocycles. The van der Waals surface area contributed by atoms with Gasteiger partial charge in [-0.3, -0.25) is 4.72 Å². The standard InChI is InChI=1S/C16H21N3O2S/c1-11(2)18-14-6-8-16(17-10-14)19-22(20,21)15-7-5-12(3)9-13(15)4/h5-11,18H,1-4H3,(H,17,19). The summed E-state index contributed by atoms with van der Waals surface area (Å²) >= 11 is 0. The van der Waals surface area contributed by atoms with Crippen molar-refractivity contribution in [3.05, 3.63) is 47.7 Å². The number of rotatable bonds is 5. The fraction of sp³-hybridized carbons (Fsp3) is 0.312. The molecular formula is C16H21N3O2S. The minimum absolute atomic E-state index is 0.268. The summed E-state index contributed by atoms with van der Waals surface area (Å²) in [6, 6.07) is 8.97. The van der Waals surface area contributed by atoms with Gasteiger partial charge in [0.2, 0.25) is 0 Å². The van der Waals surface area contributed by atoms with Gasteiger partial charge in [0.25, 0.3) is 10.0 Å². The molecule has 6 heteroatoms. The van der Waals surface area contributed by atoms with E-state index in [2.05, 4.69) is 15.0 Å². The van der Waals surface area contributed by atoms with E-state index >= 15 is 0 Å². The summed E-state index contributed by atoms with van der Waals surface area (Å²) in [5, 5.41) is 3.20. The Labute approximate surface area is 131 Å². The van der Waals surface area contributed by atoms with Crippen LogP contribution in [0.25, 0.3) is 0 Å². The van der Waals surface area contributed by atoms with Crippen LogP contribution in [0.5, 0.6) is 0 Å². The van der Waals surface area contributed by atoms with Crippen molar-refractivity contribution < 1.29 is 8.42 Å². The zero-order chi connectivity index (χ0) is 16.3. The number of benzene rings is 1. The molecule has 22 heavy (non-hydrogen) atoms. The van der Waals surface area contributed by atoms with Crippen molar-refractivity contribution in [2.24, 2.45) is 0 Å². The fourth-order valence-corrected chi connectivity index (χ4v) is 3.40. The SMILES string of the molecule is Cc1ccc(S(=O)(=O)Nc2ccc(NC(C)C)cn2)c(C)c1. The summed E-state index contributed by atoms with van der Waals surface area (Å²) < 4.78 is 27.4. The Kier molecular flexibility index (Phi) is 4.71. The summed E-state index contributed by atoms with van der Waals surface area (Å²) in [7, 11) is -3.63. The number of aryl methyl sites for hydroxylation is 2. The molecule has 118 valence electrons. The van der Waals surface area contributed by atoms with Crippen LogP contribution in [0.15, 0.2) is 41.4 Å². The monoisotopic (exact) mass is 319 g/mol. The highest BCUT2D eigenvalue weighted by Gasteiger charge is 2.17. The molecule has 1 heterocycles. The Hall–Kier alpha value is -2.08. The average Bonchev–Trinajstić information content (AvgIpc) is 2.39. The van der Waals surface area contributed by atoms with E-state index < -0.39 is 10.0 Å². The third-order valence-corrected chi connectivity index (χ3v) is 4.59. The normalized spacial score (nSPS) is 11.5. The van der Waals surface area contributed by atoms with E-state index in [-0.39, 0.29) is 4.90 Å². The average molecular weight is 319 g/mol. The lowest BCUT2D eigenvalue weighted by Gasteiger charge is -2.12. The molecule has 2 N–H and O–H groups in total. The lowest BCUT2D eigenvalue weighted by atomic mass is 10.2. The van der Waals surface area contributed by atoms with Crippen molar-refractivity contribution >= 4 is 21.5 Å². The van der Waals surface area contributed by atoms with Crippen LogP contribution in [0.1, 0.15) is 25.0 Å². The van der Waals surface area contributed by atoms with E-state index in [0.29, 0.717) is 17.4 Å². The van der Waals surface area contributed by atoms with E-state index in [1.807, 2.05) is 26.8 Å². The zero-order valence-electron chi connectivity index (χ0n) is 13.2. The first-order chi connectivity index (χ1) is 10.3. The smallest absolute Gasteiger partial charge is 0.263 e. The topological polar surface area (TPSA) is 71.1 Å². The number of hydrogen-bond acceptors (Lipinski definition) is 4. The second-order valence-electron chi connectivity index (χ2n) is 5.61. The molecule has 0 atom stereocenters. The van der Waals surface area contributed by atoms with Gasteiger partial charge in [-0.2, -0.15) is 0 Å². The maximum Gasteiger partial charge on any atom is 0.263 e. The molecule has 0 fully saturated rings. The van der Waals surface area contributed by atoms with Crippen molar-refractivity contribution in [1.29, 1.82) is 0 Å². The van der Waals surface area contributed by atoms with Gasteiger partial charge in [-0.25, -0.2) is 13.4 Å². The maximum absolute atomic E-state index is 12.4. The first-order valence-corrected chi connectivity index (χ1v) is 8.59. The minimum Gasteiger partial charge on any atom is -0.382 e. The molecule has 0 radical (unpaired) electrons. The molecule has 0 amide bonds. The Balaban J connectivity index is 2.21. The van der Waals surface area contributed by atoms with Crippen molar-refractivity contribution in [1.82, 2.24) is 4.98 Å². The van der Waals surface area contributed by atoms with Crippen molar-refractivity contribution in [3.8, 4) is 0 Å². The fourth-order valence-electron chi connectivity index (χ4n) is 2.17. The quantitative estimate of drug-likeness (QED) is 0.887. The molecular weight excluding hydrogens is 298 g/mol. The van der Waals surface area contributed by atoms with Crippen LogP contribution in [-0.4, -0.2) is 19.4 Å². The van der Waals surface area contributed by atoms with Gasteiger partial charge in [0.05, 0.1) is 16.8 Å². The third-order valence-electron chi connectivity index (χ3n) is 3.08. The predicted molar refractivity (Wildman–Crippen MR) is 89.7 cm³/mol. The van der Waals surface area contributed by atoms with Crippen LogP contribution < -0.4 is 10.0 Å². The lowest BCUT2D eigenvalue weighted by molar-refractivity contribution is 0.600. The Morgan fingerprint density at radius 3 is 2.36 bits per heavy atom. The lowest BCUT2D eigenvalue weighted by Crippen LogP contribution is -2.15. The molecule has 0 unspecified atom stereocenters. The van der Waals surface area contributed by atoms with Gasteiger partial charge in [-0.1, -0.05) is 17.7 Å². The minimum atomic E-state index is -3.63. The number of nitrogens with zero attached hydrogens (tertiary/aromatic N) is 1. The molecule has 0 saturated heterocycles. The summed E-state index contributed by atoms with van der Waals surface area (Å²) in [5.74, 6) is 0.300. The van der Waals surface area contributed by atoms with Gasteiger partial charge in [0.15, 0.2) is 0 Å². The number of sulfonamides is 1. The number of anilines is 2. The van der Waals surface area contributed by atoms with Crippen LogP contribution in [-0.2, 0) is 10.0 Å². The zero-order valence-corrected chi connectivity index (χ0v) is 14.0. The summed E-state index contributed by atoms with van der Waals surface area (Å²) in [4.78, 5) is 4.40. The van der Waals surface area contributed by atoms with E-state index in [0.717, 1.165) is 11.3 Å². The molecule has 5 nitrogen and oxygen atoms in total. The van der Waals surface area contributed by atoms with Gasteiger partial charge in [-0.15, -0.1) is 0 Å². The van der Waals surface area contributed by atoms with Gasteiger partial charge >= 0.3 is 0 Å². The molecule has 0 spiro atoms. The third kappa shape index (κ3) is 3.98. The molecule has 0 bridgehead atoms. The number of hydrogen-bond donors (Lipinski definition) is 2. The van der Waals surface area contributed by atoms with Gasteiger partial charge in [0.1, 0.15) is 5.82 Å². The number of pyridine rings is 1. The van der Waals surface area contributed by atoms with E-state index in [1.54, 1.807) is 37.4 Å². The van der Waals surface area contributed by atoms with Crippen LogP contribution >= 0.6 is 0 Å². The molecule has 0 aliphatic rings. The predicted octanol–water partition coefficient (Wildman–Crippen LogP) is 3.32. The maximum atomic E-state index is 12.4. The highest BCUT2D eigenvalue weighted by atomic mass is 32.2.